The van der Waals surface area contributed by atoms with Gasteiger partial charge in [0.1, 0.15) is 11.5 Å². The first-order chi connectivity index (χ1) is 8.42. The average molecular weight is 248 g/mol. The monoisotopic (exact) mass is 248 g/mol. The molecule has 0 aliphatic rings. The minimum Gasteiger partial charge on any atom is -0.496 e. The van der Waals surface area contributed by atoms with Gasteiger partial charge in [0.15, 0.2) is 0 Å². The Morgan fingerprint density at radius 1 is 1.22 bits per heavy atom. The van der Waals surface area contributed by atoms with Crippen LogP contribution in [-0.2, 0) is 11.2 Å². The second kappa shape index (κ2) is 6.58. The summed E-state index contributed by atoms with van der Waals surface area (Å²) >= 11 is 0. The van der Waals surface area contributed by atoms with E-state index in [9.17, 15) is 4.79 Å². The number of carbonyl (C=O) groups excluding carboxylic acids is 1. The summed E-state index contributed by atoms with van der Waals surface area (Å²) in [6, 6.07) is 7.73. The van der Waals surface area contributed by atoms with Gasteiger partial charge in [0.05, 0.1) is 7.11 Å². The van der Waals surface area contributed by atoms with E-state index in [4.69, 9.17) is 4.74 Å². The van der Waals surface area contributed by atoms with Crippen LogP contribution in [-0.4, -0.2) is 12.9 Å². The van der Waals surface area contributed by atoms with Crippen molar-refractivity contribution in [3.63, 3.8) is 0 Å². The van der Waals surface area contributed by atoms with Crippen molar-refractivity contribution in [3.8, 4) is 5.75 Å². The first-order valence-electron chi connectivity index (χ1n) is 6.56. The smallest absolute Gasteiger partial charge is 0.137 e. The molecule has 2 heteroatoms. The summed E-state index contributed by atoms with van der Waals surface area (Å²) in [4.78, 5) is 11.9. The van der Waals surface area contributed by atoms with Crippen LogP contribution in [0.2, 0.25) is 0 Å². The van der Waals surface area contributed by atoms with Crippen LogP contribution in [0.4, 0.5) is 0 Å². The normalized spacial score (nSPS) is 11.3. The molecule has 0 atom stereocenters. The predicted molar refractivity (Wildman–Crippen MR) is 75.0 cm³/mol. The number of carbonyl (C=O) groups is 1. The summed E-state index contributed by atoms with van der Waals surface area (Å²) in [5.74, 6) is 1.10. The van der Waals surface area contributed by atoms with Gasteiger partial charge in [-0.25, -0.2) is 0 Å². The lowest BCUT2D eigenvalue weighted by Crippen LogP contribution is -2.08. The van der Waals surface area contributed by atoms with E-state index in [0.29, 0.717) is 24.0 Å². The molecular weight excluding hydrogens is 224 g/mol. The largest absolute Gasteiger partial charge is 0.496 e. The molecule has 0 spiro atoms. The number of para-hydroxylation sites is 1. The number of Topliss-reactive ketones (excluding diaryl/α,β-unsaturated/α-hetero) is 1. The Bertz CT molecular complexity index is 388. The van der Waals surface area contributed by atoms with E-state index in [-0.39, 0.29) is 0 Å². The lowest BCUT2D eigenvalue weighted by molar-refractivity contribution is -0.118. The summed E-state index contributed by atoms with van der Waals surface area (Å²) < 4.78 is 5.25. The Morgan fingerprint density at radius 3 is 2.50 bits per heavy atom. The maximum atomic E-state index is 11.9. The second-order valence-corrected chi connectivity index (χ2v) is 5.94. The van der Waals surface area contributed by atoms with Gasteiger partial charge in [-0.15, -0.1) is 0 Å². The molecule has 0 saturated heterocycles. The Kier molecular flexibility index (Phi) is 5.39. The van der Waals surface area contributed by atoms with E-state index >= 15 is 0 Å². The molecule has 0 amide bonds. The molecule has 0 radical (unpaired) electrons. The van der Waals surface area contributed by atoms with E-state index in [2.05, 4.69) is 20.8 Å². The van der Waals surface area contributed by atoms with Crippen LogP contribution in [0.5, 0.6) is 5.75 Å². The topological polar surface area (TPSA) is 26.3 Å². The van der Waals surface area contributed by atoms with Gasteiger partial charge in [0.2, 0.25) is 0 Å². The lowest BCUT2D eigenvalue weighted by Gasteiger charge is -2.17. The SMILES string of the molecule is COc1ccccc1CC(=O)CCCC(C)(C)C. The molecule has 0 aromatic heterocycles. The fourth-order valence-electron chi connectivity index (χ4n) is 1.97. The Hall–Kier alpha value is -1.31. The van der Waals surface area contributed by atoms with Crippen LogP contribution in [0.1, 0.15) is 45.6 Å². The summed E-state index contributed by atoms with van der Waals surface area (Å²) in [5.41, 5.74) is 1.30. The van der Waals surface area contributed by atoms with Crippen molar-refractivity contribution in [2.24, 2.45) is 5.41 Å². The van der Waals surface area contributed by atoms with Crippen molar-refractivity contribution in [1.29, 1.82) is 0 Å². The van der Waals surface area contributed by atoms with E-state index in [1.54, 1.807) is 7.11 Å². The molecule has 0 heterocycles. The van der Waals surface area contributed by atoms with Gasteiger partial charge in [-0.05, 0) is 24.3 Å². The Balaban J connectivity index is 2.45. The van der Waals surface area contributed by atoms with Gasteiger partial charge in [0.25, 0.3) is 0 Å². The highest BCUT2D eigenvalue weighted by Crippen LogP contribution is 2.23. The molecule has 2 nitrogen and oxygen atoms in total. The second-order valence-electron chi connectivity index (χ2n) is 5.94. The third-order valence-electron chi connectivity index (χ3n) is 2.96. The first-order valence-corrected chi connectivity index (χ1v) is 6.56. The number of ketones is 1. The molecule has 0 aliphatic heterocycles. The lowest BCUT2D eigenvalue weighted by atomic mass is 9.89. The van der Waals surface area contributed by atoms with E-state index in [1.165, 1.54) is 0 Å². The van der Waals surface area contributed by atoms with Gasteiger partial charge in [-0.3, -0.25) is 4.79 Å². The highest BCUT2D eigenvalue weighted by Gasteiger charge is 2.12. The molecule has 1 rings (SSSR count). The maximum absolute atomic E-state index is 11.9. The molecule has 1 aromatic rings. The molecular formula is C16H24O2. The van der Waals surface area contributed by atoms with E-state index in [0.717, 1.165) is 24.2 Å². The van der Waals surface area contributed by atoms with Crippen LogP contribution < -0.4 is 4.74 Å². The third kappa shape index (κ3) is 5.35. The molecule has 100 valence electrons. The Labute approximate surface area is 110 Å². The van der Waals surface area contributed by atoms with Crippen molar-refractivity contribution < 1.29 is 9.53 Å². The molecule has 0 saturated carbocycles. The standard InChI is InChI=1S/C16H24O2/c1-16(2,3)11-7-9-14(17)12-13-8-5-6-10-15(13)18-4/h5-6,8,10H,7,9,11-12H2,1-4H3. The molecule has 0 N–H and O–H groups in total. The highest BCUT2D eigenvalue weighted by molar-refractivity contribution is 5.81. The van der Waals surface area contributed by atoms with Gasteiger partial charge >= 0.3 is 0 Å². The Morgan fingerprint density at radius 2 is 1.89 bits per heavy atom. The maximum Gasteiger partial charge on any atom is 0.137 e. The van der Waals surface area contributed by atoms with Gasteiger partial charge in [0, 0.05) is 18.4 Å². The van der Waals surface area contributed by atoms with Gasteiger partial charge in [-0.1, -0.05) is 39.0 Å². The molecule has 0 bridgehead atoms. The molecule has 1 aromatic carbocycles. The quantitative estimate of drug-likeness (QED) is 0.760. The fraction of sp³-hybridized carbons (Fsp3) is 0.562. The zero-order chi connectivity index (χ0) is 13.6. The number of rotatable bonds is 6. The summed E-state index contributed by atoms with van der Waals surface area (Å²) in [5, 5.41) is 0. The van der Waals surface area contributed by atoms with Crippen molar-refractivity contribution in [2.45, 2.75) is 46.5 Å². The number of benzene rings is 1. The molecule has 0 fully saturated rings. The zero-order valence-corrected chi connectivity index (χ0v) is 12.0. The number of ether oxygens (including phenoxy) is 1. The number of hydrogen-bond donors (Lipinski definition) is 0. The first kappa shape index (κ1) is 14.7. The molecule has 18 heavy (non-hydrogen) atoms. The van der Waals surface area contributed by atoms with Crippen molar-refractivity contribution in [2.75, 3.05) is 7.11 Å². The van der Waals surface area contributed by atoms with Gasteiger partial charge < -0.3 is 4.74 Å². The summed E-state index contributed by atoms with van der Waals surface area (Å²) in [7, 11) is 1.64. The predicted octanol–water partition coefficient (Wildman–Crippen LogP) is 4.02. The van der Waals surface area contributed by atoms with Crippen LogP contribution in [0.25, 0.3) is 0 Å². The minimum absolute atomic E-state index is 0.295. The van der Waals surface area contributed by atoms with E-state index < -0.39 is 0 Å². The number of methoxy groups -OCH3 is 1. The summed E-state index contributed by atoms with van der Waals surface area (Å²) in [6.45, 7) is 6.62. The third-order valence-corrected chi connectivity index (χ3v) is 2.96. The van der Waals surface area contributed by atoms with Crippen LogP contribution in [0.3, 0.4) is 0 Å². The molecule has 0 aliphatic carbocycles. The number of hydrogen-bond acceptors (Lipinski definition) is 2. The van der Waals surface area contributed by atoms with Crippen LogP contribution in [0, 0.1) is 5.41 Å². The van der Waals surface area contributed by atoms with Crippen LogP contribution in [0.15, 0.2) is 24.3 Å². The van der Waals surface area contributed by atoms with E-state index in [1.807, 2.05) is 24.3 Å². The highest BCUT2D eigenvalue weighted by atomic mass is 16.5. The van der Waals surface area contributed by atoms with Crippen LogP contribution >= 0.6 is 0 Å². The summed E-state index contributed by atoms with van der Waals surface area (Å²) in [6.07, 6.45) is 3.20. The molecule has 0 unspecified atom stereocenters. The zero-order valence-electron chi connectivity index (χ0n) is 12.0. The fourth-order valence-corrected chi connectivity index (χ4v) is 1.97. The average Bonchev–Trinajstić information content (AvgIpc) is 2.28. The van der Waals surface area contributed by atoms with Crippen molar-refractivity contribution in [1.82, 2.24) is 0 Å². The van der Waals surface area contributed by atoms with Gasteiger partial charge in [-0.2, -0.15) is 0 Å². The van der Waals surface area contributed by atoms with Crippen molar-refractivity contribution in [3.05, 3.63) is 29.8 Å². The minimum atomic E-state index is 0.295. The van der Waals surface area contributed by atoms with Crippen molar-refractivity contribution >= 4 is 5.78 Å².